The molecule has 2 fully saturated rings. The van der Waals surface area contributed by atoms with E-state index in [4.69, 9.17) is 4.74 Å². The van der Waals surface area contributed by atoms with E-state index in [0.717, 1.165) is 50.3 Å². The monoisotopic (exact) mass is 418 g/mol. The number of carbonyl (C=O) groups excluding carboxylic acids is 2. The molecule has 27 heavy (non-hydrogen) atoms. The topological polar surface area (TPSA) is 82.7 Å². The van der Waals surface area contributed by atoms with Gasteiger partial charge in [-0.1, -0.05) is 6.42 Å². The van der Waals surface area contributed by atoms with Gasteiger partial charge in [0.1, 0.15) is 0 Å². The predicted molar refractivity (Wildman–Crippen MR) is 111 cm³/mol. The summed E-state index contributed by atoms with van der Waals surface area (Å²) in [6.45, 7) is 4.19. The number of hydrogen-bond donors (Lipinski definition) is 3. The number of ether oxygens (including phenoxy) is 1. The zero-order chi connectivity index (χ0) is 17.5. The number of anilines is 2. The van der Waals surface area contributed by atoms with E-state index < -0.39 is 0 Å². The van der Waals surface area contributed by atoms with Crippen molar-refractivity contribution in [2.45, 2.75) is 25.3 Å². The summed E-state index contributed by atoms with van der Waals surface area (Å²) in [4.78, 5) is 26.3. The van der Waals surface area contributed by atoms with Gasteiger partial charge >= 0.3 is 0 Å². The van der Waals surface area contributed by atoms with Crippen LogP contribution in [0.5, 0.6) is 0 Å². The molecule has 1 atom stereocenters. The fourth-order valence-electron chi connectivity index (χ4n) is 3.10. The third kappa shape index (κ3) is 7.63. The summed E-state index contributed by atoms with van der Waals surface area (Å²) < 4.78 is 5.28. The molecule has 3 rings (SSSR count). The van der Waals surface area contributed by atoms with Crippen LogP contribution in [0, 0.1) is 0 Å². The average molecular weight is 419 g/mol. The van der Waals surface area contributed by atoms with Gasteiger partial charge in [0.15, 0.2) is 0 Å². The smallest absolute Gasteiger partial charge is 0.241 e. The number of piperidine rings is 1. The number of carbonyl (C=O) groups is 2. The minimum absolute atomic E-state index is 0. The second-order valence-electron chi connectivity index (χ2n) is 6.51. The molecule has 0 bridgehead atoms. The summed E-state index contributed by atoms with van der Waals surface area (Å²) in [5.74, 6) is -0.0334. The molecular weight excluding hydrogens is 391 g/mol. The van der Waals surface area contributed by atoms with E-state index in [1.54, 1.807) is 12.1 Å². The highest BCUT2D eigenvalue weighted by Gasteiger charge is 2.20. The second-order valence-corrected chi connectivity index (χ2v) is 6.51. The third-order valence-corrected chi connectivity index (χ3v) is 4.53. The summed E-state index contributed by atoms with van der Waals surface area (Å²) in [6, 6.07) is 7.12. The Morgan fingerprint density at radius 1 is 1.04 bits per heavy atom. The average Bonchev–Trinajstić information content (AvgIpc) is 2.65. The van der Waals surface area contributed by atoms with E-state index in [1.807, 2.05) is 12.1 Å². The van der Waals surface area contributed by atoms with Crippen molar-refractivity contribution < 1.29 is 14.3 Å². The molecule has 9 heteroatoms. The SMILES string of the molecule is Cl.Cl.O=C(CN1CCOCC1)Nc1ccc(NC(=O)C2CCCCN2)cc1. The van der Waals surface area contributed by atoms with Crippen molar-refractivity contribution in [2.75, 3.05) is 50.0 Å². The minimum Gasteiger partial charge on any atom is -0.379 e. The summed E-state index contributed by atoms with van der Waals surface area (Å²) in [7, 11) is 0. The Bertz CT molecular complexity index is 589. The van der Waals surface area contributed by atoms with E-state index in [1.165, 1.54) is 0 Å². The molecule has 0 aromatic heterocycles. The van der Waals surface area contributed by atoms with E-state index in [2.05, 4.69) is 20.9 Å². The highest BCUT2D eigenvalue weighted by Crippen LogP contribution is 2.15. The van der Waals surface area contributed by atoms with E-state index in [-0.39, 0.29) is 42.7 Å². The van der Waals surface area contributed by atoms with Gasteiger partial charge < -0.3 is 20.7 Å². The Labute approximate surface area is 172 Å². The Morgan fingerprint density at radius 2 is 1.67 bits per heavy atom. The Balaban J connectivity index is 0.00000182. The summed E-state index contributed by atoms with van der Waals surface area (Å²) in [5, 5.41) is 9.04. The predicted octanol–water partition coefficient (Wildman–Crippen LogP) is 1.88. The molecule has 2 heterocycles. The van der Waals surface area contributed by atoms with Crippen LogP contribution in [-0.4, -0.2) is 62.1 Å². The minimum atomic E-state index is -0.110. The molecule has 3 N–H and O–H groups in total. The Kier molecular flexibility index (Phi) is 10.6. The maximum Gasteiger partial charge on any atom is 0.241 e. The molecule has 0 radical (unpaired) electrons. The van der Waals surface area contributed by atoms with Crippen molar-refractivity contribution in [2.24, 2.45) is 0 Å². The molecule has 1 aromatic rings. The third-order valence-electron chi connectivity index (χ3n) is 4.53. The quantitative estimate of drug-likeness (QED) is 0.679. The van der Waals surface area contributed by atoms with Crippen LogP contribution < -0.4 is 16.0 Å². The van der Waals surface area contributed by atoms with Crippen LogP contribution in [0.15, 0.2) is 24.3 Å². The van der Waals surface area contributed by atoms with Gasteiger partial charge in [0, 0.05) is 24.5 Å². The van der Waals surface area contributed by atoms with Crippen LogP contribution in [0.3, 0.4) is 0 Å². The first-order valence-electron chi connectivity index (χ1n) is 8.95. The molecule has 2 amide bonds. The lowest BCUT2D eigenvalue weighted by Crippen LogP contribution is -2.43. The van der Waals surface area contributed by atoms with Crippen LogP contribution >= 0.6 is 24.8 Å². The molecular formula is C18H28Cl2N4O3. The summed E-state index contributed by atoms with van der Waals surface area (Å²) in [5.41, 5.74) is 1.47. The lowest BCUT2D eigenvalue weighted by atomic mass is 10.0. The van der Waals surface area contributed by atoms with E-state index in [0.29, 0.717) is 19.8 Å². The molecule has 2 aliphatic rings. The lowest BCUT2D eigenvalue weighted by Gasteiger charge is -2.25. The normalized spacial score (nSPS) is 19.9. The molecule has 0 aliphatic carbocycles. The summed E-state index contributed by atoms with van der Waals surface area (Å²) >= 11 is 0. The largest absolute Gasteiger partial charge is 0.379 e. The molecule has 2 aliphatic heterocycles. The van der Waals surface area contributed by atoms with Crippen molar-refractivity contribution in [1.82, 2.24) is 10.2 Å². The molecule has 0 saturated carbocycles. The zero-order valence-electron chi connectivity index (χ0n) is 15.2. The van der Waals surface area contributed by atoms with Crippen molar-refractivity contribution >= 4 is 48.0 Å². The van der Waals surface area contributed by atoms with Gasteiger partial charge in [0.25, 0.3) is 0 Å². The van der Waals surface area contributed by atoms with Gasteiger partial charge in [0.05, 0.1) is 25.8 Å². The number of morpholine rings is 1. The standard InChI is InChI=1S/C18H26N4O3.2ClH/c23-17(13-22-9-11-25-12-10-22)20-14-4-6-15(7-5-14)21-18(24)16-3-1-2-8-19-16;;/h4-7,16,19H,1-3,8-13H2,(H,20,23)(H,21,24);2*1H. The van der Waals surface area contributed by atoms with Gasteiger partial charge in [-0.25, -0.2) is 0 Å². The number of halogens is 2. The van der Waals surface area contributed by atoms with Gasteiger partial charge in [-0.2, -0.15) is 0 Å². The number of amides is 2. The second kappa shape index (κ2) is 12.2. The Morgan fingerprint density at radius 3 is 2.26 bits per heavy atom. The highest BCUT2D eigenvalue weighted by molar-refractivity contribution is 5.96. The van der Waals surface area contributed by atoms with Gasteiger partial charge in [0.2, 0.25) is 11.8 Å². The Hall–Kier alpha value is -1.38. The molecule has 2 saturated heterocycles. The van der Waals surface area contributed by atoms with Crippen molar-refractivity contribution in [1.29, 1.82) is 0 Å². The first kappa shape index (κ1) is 23.7. The summed E-state index contributed by atoms with van der Waals surface area (Å²) in [6.07, 6.45) is 3.09. The highest BCUT2D eigenvalue weighted by atomic mass is 35.5. The van der Waals surface area contributed by atoms with Crippen molar-refractivity contribution in [3.05, 3.63) is 24.3 Å². The van der Waals surface area contributed by atoms with Gasteiger partial charge in [-0.05, 0) is 43.7 Å². The fraction of sp³-hybridized carbons (Fsp3) is 0.556. The maximum atomic E-state index is 12.2. The van der Waals surface area contributed by atoms with Gasteiger partial charge in [-0.15, -0.1) is 24.8 Å². The lowest BCUT2D eigenvalue weighted by molar-refractivity contribution is -0.119. The fourth-order valence-corrected chi connectivity index (χ4v) is 3.10. The van der Waals surface area contributed by atoms with E-state index in [9.17, 15) is 9.59 Å². The van der Waals surface area contributed by atoms with Crippen LogP contribution in [0.2, 0.25) is 0 Å². The molecule has 7 nitrogen and oxygen atoms in total. The first-order chi connectivity index (χ1) is 12.2. The van der Waals surface area contributed by atoms with Crippen LogP contribution in [0.4, 0.5) is 11.4 Å². The number of hydrogen-bond acceptors (Lipinski definition) is 5. The van der Waals surface area contributed by atoms with Crippen LogP contribution in [-0.2, 0) is 14.3 Å². The number of benzene rings is 1. The van der Waals surface area contributed by atoms with E-state index >= 15 is 0 Å². The molecule has 152 valence electrons. The first-order valence-corrected chi connectivity index (χ1v) is 8.95. The van der Waals surface area contributed by atoms with Gasteiger partial charge in [-0.3, -0.25) is 14.5 Å². The number of nitrogens with one attached hydrogen (secondary N) is 3. The molecule has 0 spiro atoms. The van der Waals surface area contributed by atoms with Crippen LogP contribution in [0.1, 0.15) is 19.3 Å². The number of rotatable bonds is 5. The maximum absolute atomic E-state index is 12.2. The van der Waals surface area contributed by atoms with Crippen molar-refractivity contribution in [3.63, 3.8) is 0 Å². The molecule has 1 aromatic carbocycles. The zero-order valence-corrected chi connectivity index (χ0v) is 16.9. The van der Waals surface area contributed by atoms with Crippen molar-refractivity contribution in [3.8, 4) is 0 Å². The van der Waals surface area contributed by atoms with Crippen LogP contribution in [0.25, 0.3) is 0 Å². The molecule has 1 unspecified atom stereocenters. The number of nitrogens with zero attached hydrogens (tertiary/aromatic N) is 1.